The normalized spacial score (nSPS) is 11.0. The van der Waals surface area contributed by atoms with Crippen LogP contribution in [-0.4, -0.2) is 11.7 Å². The van der Waals surface area contributed by atoms with Gasteiger partial charge in [-0.2, -0.15) is 0 Å². The van der Waals surface area contributed by atoms with Crippen molar-refractivity contribution >= 4 is 0 Å². The third-order valence-corrected chi connectivity index (χ3v) is 1.70. The monoisotopic (exact) mass is 168 g/mol. The first-order valence-corrected chi connectivity index (χ1v) is 4.40. The summed E-state index contributed by atoms with van der Waals surface area (Å²) in [6.45, 7) is 8.02. The van der Waals surface area contributed by atoms with E-state index in [4.69, 9.17) is 4.52 Å². The van der Waals surface area contributed by atoms with Crippen molar-refractivity contribution in [3.05, 3.63) is 17.5 Å². The summed E-state index contributed by atoms with van der Waals surface area (Å²) in [4.78, 5) is 0. The summed E-state index contributed by atoms with van der Waals surface area (Å²) >= 11 is 0. The summed E-state index contributed by atoms with van der Waals surface area (Å²) in [5.74, 6) is 1.38. The van der Waals surface area contributed by atoms with Crippen LogP contribution in [0.3, 0.4) is 0 Å². The van der Waals surface area contributed by atoms with Gasteiger partial charge in [-0.25, -0.2) is 0 Å². The lowest BCUT2D eigenvalue weighted by Gasteiger charge is -1.94. The molecule has 1 rings (SSSR count). The Morgan fingerprint density at radius 1 is 1.58 bits per heavy atom. The van der Waals surface area contributed by atoms with E-state index in [0.717, 1.165) is 24.5 Å². The second kappa shape index (κ2) is 4.26. The molecule has 0 saturated carbocycles. The van der Waals surface area contributed by atoms with Crippen LogP contribution in [-0.2, 0) is 6.54 Å². The van der Waals surface area contributed by atoms with Gasteiger partial charge in [-0.15, -0.1) is 0 Å². The zero-order valence-electron chi connectivity index (χ0n) is 7.92. The molecular weight excluding hydrogens is 152 g/mol. The lowest BCUT2D eigenvalue weighted by molar-refractivity contribution is 0.364. The van der Waals surface area contributed by atoms with Gasteiger partial charge in [0.25, 0.3) is 0 Å². The molecule has 68 valence electrons. The van der Waals surface area contributed by atoms with E-state index >= 15 is 0 Å². The second-order valence-corrected chi connectivity index (χ2v) is 3.16. The van der Waals surface area contributed by atoms with Gasteiger partial charge in [0.1, 0.15) is 5.76 Å². The van der Waals surface area contributed by atoms with Crippen molar-refractivity contribution in [1.82, 2.24) is 10.5 Å². The van der Waals surface area contributed by atoms with Crippen LogP contribution in [0, 0.1) is 0 Å². The second-order valence-electron chi connectivity index (χ2n) is 3.16. The summed E-state index contributed by atoms with van der Waals surface area (Å²) in [5, 5.41) is 7.13. The maximum atomic E-state index is 5.13. The Balaban J connectivity index is 2.52. The van der Waals surface area contributed by atoms with E-state index in [2.05, 4.69) is 31.2 Å². The molecule has 1 aromatic rings. The molecule has 12 heavy (non-hydrogen) atoms. The molecule has 3 heteroatoms. The molecule has 0 radical (unpaired) electrons. The first-order chi connectivity index (χ1) is 5.74. The molecule has 1 N–H and O–H groups in total. The van der Waals surface area contributed by atoms with Gasteiger partial charge in [0.2, 0.25) is 0 Å². The molecule has 0 aliphatic heterocycles. The van der Waals surface area contributed by atoms with Crippen LogP contribution in [0.5, 0.6) is 0 Å². The van der Waals surface area contributed by atoms with Gasteiger partial charge in [0, 0.05) is 18.5 Å². The van der Waals surface area contributed by atoms with Crippen molar-refractivity contribution in [2.24, 2.45) is 0 Å². The predicted octanol–water partition coefficient (Wildman–Crippen LogP) is 1.91. The van der Waals surface area contributed by atoms with Crippen molar-refractivity contribution in [2.75, 3.05) is 6.54 Å². The smallest absolute Gasteiger partial charge is 0.139 e. The summed E-state index contributed by atoms with van der Waals surface area (Å²) in [6, 6.07) is 2.01. The van der Waals surface area contributed by atoms with Gasteiger partial charge >= 0.3 is 0 Å². The van der Waals surface area contributed by atoms with E-state index in [0.29, 0.717) is 5.92 Å². The Hall–Kier alpha value is -0.830. The minimum Gasteiger partial charge on any atom is -0.361 e. The molecule has 0 aromatic carbocycles. The molecule has 0 aliphatic carbocycles. The molecule has 0 fully saturated rings. The highest BCUT2D eigenvalue weighted by atomic mass is 16.5. The van der Waals surface area contributed by atoms with Crippen LogP contribution in [0.1, 0.15) is 38.1 Å². The van der Waals surface area contributed by atoms with Gasteiger partial charge in [-0.1, -0.05) is 25.9 Å². The van der Waals surface area contributed by atoms with Crippen LogP contribution in [0.25, 0.3) is 0 Å². The highest BCUT2D eigenvalue weighted by Gasteiger charge is 2.06. The van der Waals surface area contributed by atoms with E-state index in [1.165, 1.54) is 0 Å². The van der Waals surface area contributed by atoms with Crippen molar-refractivity contribution in [3.63, 3.8) is 0 Å². The van der Waals surface area contributed by atoms with Gasteiger partial charge in [0.15, 0.2) is 0 Å². The largest absolute Gasteiger partial charge is 0.361 e. The SMILES string of the molecule is CCNCc1cc(C(C)C)on1. The Kier molecular flexibility index (Phi) is 3.29. The maximum absolute atomic E-state index is 5.13. The molecule has 1 heterocycles. The summed E-state index contributed by atoms with van der Waals surface area (Å²) in [5.41, 5.74) is 0.987. The third-order valence-electron chi connectivity index (χ3n) is 1.70. The fourth-order valence-electron chi connectivity index (χ4n) is 0.937. The fraction of sp³-hybridized carbons (Fsp3) is 0.667. The van der Waals surface area contributed by atoms with E-state index in [1.807, 2.05) is 6.07 Å². The Bertz CT molecular complexity index is 230. The highest BCUT2D eigenvalue weighted by molar-refractivity contribution is 5.08. The number of hydrogen-bond acceptors (Lipinski definition) is 3. The molecule has 0 aliphatic rings. The third kappa shape index (κ3) is 2.34. The van der Waals surface area contributed by atoms with Gasteiger partial charge in [-0.05, 0) is 6.54 Å². The first-order valence-electron chi connectivity index (χ1n) is 4.40. The lowest BCUT2D eigenvalue weighted by atomic mass is 10.1. The number of aromatic nitrogens is 1. The number of hydrogen-bond donors (Lipinski definition) is 1. The Labute approximate surface area is 73.1 Å². The molecule has 0 spiro atoms. The zero-order chi connectivity index (χ0) is 8.97. The predicted molar refractivity (Wildman–Crippen MR) is 48.0 cm³/mol. The highest BCUT2D eigenvalue weighted by Crippen LogP contribution is 2.14. The number of nitrogens with zero attached hydrogens (tertiary/aromatic N) is 1. The van der Waals surface area contributed by atoms with E-state index < -0.39 is 0 Å². The van der Waals surface area contributed by atoms with Crippen molar-refractivity contribution in [3.8, 4) is 0 Å². The van der Waals surface area contributed by atoms with E-state index in [9.17, 15) is 0 Å². The zero-order valence-corrected chi connectivity index (χ0v) is 7.92. The summed E-state index contributed by atoms with van der Waals surface area (Å²) in [6.07, 6.45) is 0. The quantitative estimate of drug-likeness (QED) is 0.746. The molecular formula is C9H16N2O. The van der Waals surface area contributed by atoms with Gasteiger partial charge in [0.05, 0.1) is 5.69 Å². The maximum Gasteiger partial charge on any atom is 0.139 e. The van der Waals surface area contributed by atoms with Crippen LogP contribution >= 0.6 is 0 Å². The van der Waals surface area contributed by atoms with Gasteiger partial charge in [-0.3, -0.25) is 0 Å². The Morgan fingerprint density at radius 3 is 2.83 bits per heavy atom. The summed E-state index contributed by atoms with van der Waals surface area (Å²) in [7, 11) is 0. The minimum atomic E-state index is 0.424. The fourth-order valence-corrected chi connectivity index (χ4v) is 0.937. The van der Waals surface area contributed by atoms with E-state index in [1.54, 1.807) is 0 Å². The van der Waals surface area contributed by atoms with E-state index in [-0.39, 0.29) is 0 Å². The molecule has 1 aromatic heterocycles. The minimum absolute atomic E-state index is 0.424. The van der Waals surface area contributed by atoms with Crippen molar-refractivity contribution < 1.29 is 4.52 Å². The van der Waals surface area contributed by atoms with Crippen LogP contribution < -0.4 is 5.32 Å². The van der Waals surface area contributed by atoms with Crippen molar-refractivity contribution in [1.29, 1.82) is 0 Å². The van der Waals surface area contributed by atoms with Crippen LogP contribution in [0.15, 0.2) is 10.6 Å². The Morgan fingerprint density at radius 2 is 2.33 bits per heavy atom. The standard InChI is InChI=1S/C9H16N2O/c1-4-10-6-8-5-9(7(2)3)12-11-8/h5,7,10H,4,6H2,1-3H3. The molecule has 0 unspecified atom stereocenters. The topological polar surface area (TPSA) is 38.1 Å². The number of nitrogens with one attached hydrogen (secondary N) is 1. The molecule has 0 saturated heterocycles. The average Bonchev–Trinajstić information content (AvgIpc) is 2.48. The molecule has 0 amide bonds. The van der Waals surface area contributed by atoms with Gasteiger partial charge < -0.3 is 9.84 Å². The number of rotatable bonds is 4. The average molecular weight is 168 g/mol. The lowest BCUT2D eigenvalue weighted by Crippen LogP contribution is -2.11. The van der Waals surface area contributed by atoms with Crippen LogP contribution in [0.2, 0.25) is 0 Å². The van der Waals surface area contributed by atoms with Crippen LogP contribution in [0.4, 0.5) is 0 Å². The molecule has 3 nitrogen and oxygen atoms in total. The van der Waals surface area contributed by atoms with Crippen molar-refractivity contribution in [2.45, 2.75) is 33.2 Å². The molecule has 0 atom stereocenters. The molecule has 0 bridgehead atoms. The summed E-state index contributed by atoms with van der Waals surface area (Å²) < 4.78 is 5.13. The first kappa shape index (κ1) is 9.26.